The Balaban J connectivity index is 1.93. The summed E-state index contributed by atoms with van der Waals surface area (Å²) in [6, 6.07) is 0.875. The van der Waals surface area contributed by atoms with Gasteiger partial charge in [-0.2, -0.15) is 0 Å². The Morgan fingerprint density at radius 3 is 2.29 bits per heavy atom. The zero-order valence-corrected chi connectivity index (χ0v) is 15.2. The van der Waals surface area contributed by atoms with Crippen LogP contribution in [-0.2, 0) is 0 Å². The van der Waals surface area contributed by atoms with Crippen molar-refractivity contribution in [2.75, 3.05) is 26.7 Å². The standard InChI is InChI=1S/C19H40N2/c1-5-18-10-12-19(13-11-18)21(4)15-9-7-6-8-14-20-16-17(2)3/h17-20H,5-16H2,1-4H3. The third-order valence-electron chi connectivity index (χ3n) is 5.18. The number of unbranched alkanes of at least 4 members (excludes halogenated alkanes) is 3. The van der Waals surface area contributed by atoms with Crippen LogP contribution in [0.4, 0.5) is 0 Å². The average Bonchev–Trinajstić information content (AvgIpc) is 2.49. The molecular weight excluding hydrogens is 256 g/mol. The number of hydrogen-bond donors (Lipinski definition) is 1. The van der Waals surface area contributed by atoms with E-state index in [0.717, 1.165) is 17.9 Å². The van der Waals surface area contributed by atoms with Crippen molar-refractivity contribution in [3.05, 3.63) is 0 Å². The number of nitrogens with zero attached hydrogens (tertiary/aromatic N) is 1. The number of rotatable bonds is 11. The first-order valence-corrected chi connectivity index (χ1v) is 9.54. The van der Waals surface area contributed by atoms with E-state index in [4.69, 9.17) is 0 Å². The molecule has 2 nitrogen and oxygen atoms in total. The molecule has 126 valence electrons. The minimum Gasteiger partial charge on any atom is -0.316 e. The number of nitrogens with one attached hydrogen (secondary N) is 1. The summed E-state index contributed by atoms with van der Waals surface area (Å²) in [6.45, 7) is 10.6. The van der Waals surface area contributed by atoms with E-state index in [1.54, 1.807) is 0 Å². The summed E-state index contributed by atoms with van der Waals surface area (Å²) < 4.78 is 0. The molecule has 0 radical (unpaired) electrons. The van der Waals surface area contributed by atoms with Gasteiger partial charge < -0.3 is 10.2 Å². The second-order valence-corrected chi connectivity index (χ2v) is 7.58. The van der Waals surface area contributed by atoms with E-state index in [1.165, 1.54) is 77.4 Å². The summed E-state index contributed by atoms with van der Waals surface area (Å²) >= 11 is 0. The van der Waals surface area contributed by atoms with Gasteiger partial charge in [0.15, 0.2) is 0 Å². The van der Waals surface area contributed by atoms with E-state index in [-0.39, 0.29) is 0 Å². The molecule has 0 aromatic rings. The summed E-state index contributed by atoms with van der Waals surface area (Å²) in [7, 11) is 2.35. The quantitative estimate of drug-likeness (QED) is 0.556. The summed E-state index contributed by atoms with van der Waals surface area (Å²) in [5.41, 5.74) is 0. The van der Waals surface area contributed by atoms with E-state index in [2.05, 4.69) is 38.0 Å². The maximum Gasteiger partial charge on any atom is 0.00924 e. The largest absolute Gasteiger partial charge is 0.316 e. The molecule has 2 heteroatoms. The van der Waals surface area contributed by atoms with E-state index in [1.807, 2.05) is 0 Å². The fraction of sp³-hybridized carbons (Fsp3) is 1.00. The lowest BCUT2D eigenvalue weighted by molar-refractivity contribution is 0.161. The van der Waals surface area contributed by atoms with E-state index in [0.29, 0.717) is 0 Å². The lowest BCUT2D eigenvalue weighted by atomic mass is 9.84. The van der Waals surface area contributed by atoms with Crippen molar-refractivity contribution in [1.82, 2.24) is 10.2 Å². The Kier molecular flexibility index (Phi) is 10.4. The Morgan fingerprint density at radius 1 is 1.00 bits per heavy atom. The zero-order valence-electron chi connectivity index (χ0n) is 15.2. The Bertz CT molecular complexity index is 232. The van der Waals surface area contributed by atoms with Crippen LogP contribution in [0.15, 0.2) is 0 Å². The summed E-state index contributed by atoms with van der Waals surface area (Å²) in [6.07, 6.45) is 12.7. The Labute approximate surface area is 134 Å². The second kappa shape index (κ2) is 11.5. The van der Waals surface area contributed by atoms with Crippen molar-refractivity contribution in [1.29, 1.82) is 0 Å². The predicted molar refractivity (Wildman–Crippen MR) is 94.8 cm³/mol. The first-order valence-electron chi connectivity index (χ1n) is 9.54. The third-order valence-corrected chi connectivity index (χ3v) is 5.18. The van der Waals surface area contributed by atoms with Crippen LogP contribution in [0.1, 0.15) is 78.6 Å². The highest BCUT2D eigenvalue weighted by Crippen LogP contribution is 2.28. The lowest BCUT2D eigenvalue weighted by Gasteiger charge is -2.34. The van der Waals surface area contributed by atoms with Gasteiger partial charge in [-0.15, -0.1) is 0 Å². The van der Waals surface area contributed by atoms with Crippen LogP contribution >= 0.6 is 0 Å². The van der Waals surface area contributed by atoms with E-state index in [9.17, 15) is 0 Å². The van der Waals surface area contributed by atoms with E-state index < -0.39 is 0 Å². The molecule has 0 saturated heterocycles. The first kappa shape index (κ1) is 19.0. The summed E-state index contributed by atoms with van der Waals surface area (Å²) in [4.78, 5) is 2.64. The SMILES string of the molecule is CCC1CCC(N(C)CCCCCCNCC(C)C)CC1. The van der Waals surface area contributed by atoms with Crippen LogP contribution in [0.5, 0.6) is 0 Å². The van der Waals surface area contributed by atoms with Crippen LogP contribution in [0.2, 0.25) is 0 Å². The Morgan fingerprint density at radius 2 is 1.67 bits per heavy atom. The highest BCUT2D eigenvalue weighted by atomic mass is 15.1. The van der Waals surface area contributed by atoms with Crippen molar-refractivity contribution in [2.45, 2.75) is 84.6 Å². The van der Waals surface area contributed by atoms with Crippen LogP contribution < -0.4 is 5.32 Å². The fourth-order valence-electron chi connectivity index (χ4n) is 3.53. The first-order chi connectivity index (χ1) is 10.1. The molecule has 1 fully saturated rings. The van der Waals surface area contributed by atoms with Gasteiger partial charge >= 0.3 is 0 Å². The van der Waals surface area contributed by atoms with Gasteiger partial charge in [0.1, 0.15) is 0 Å². The molecule has 21 heavy (non-hydrogen) atoms. The van der Waals surface area contributed by atoms with Crippen molar-refractivity contribution >= 4 is 0 Å². The minimum atomic E-state index is 0.779. The molecule has 0 aliphatic heterocycles. The van der Waals surface area contributed by atoms with Crippen molar-refractivity contribution in [3.63, 3.8) is 0 Å². The molecule has 0 atom stereocenters. The van der Waals surface area contributed by atoms with Gasteiger partial charge in [-0.3, -0.25) is 0 Å². The van der Waals surface area contributed by atoms with Crippen molar-refractivity contribution in [2.24, 2.45) is 11.8 Å². The van der Waals surface area contributed by atoms with Crippen LogP contribution in [-0.4, -0.2) is 37.6 Å². The Hall–Kier alpha value is -0.0800. The molecule has 1 rings (SSSR count). The molecule has 0 unspecified atom stereocenters. The van der Waals surface area contributed by atoms with Crippen molar-refractivity contribution in [3.8, 4) is 0 Å². The lowest BCUT2D eigenvalue weighted by Crippen LogP contribution is -2.35. The normalized spacial score (nSPS) is 23.1. The highest BCUT2D eigenvalue weighted by molar-refractivity contribution is 4.77. The molecule has 0 heterocycles. The molecule has 0 amide bonds. The molecule has 0 spiro atoms. The zero-order chi connectivity index (χ0) is 15.5. The van der Waals surface area contributed by atoms with Gasteiger partial charge in [0.25, 0.3) is 0 Å². The van der Waals surface area contributed by atoms with Gasteiger partial charge in [-0.1, -0.05) is 40.0 Å². The van der Waals surface area contributed by atoms with Crippen LogP contribution in [0, 0.1) is 11.8 Å². The summed E-state index contributed by atoms with van der Waals surface area (Å²) in [5.74, 6) is 1.80. The van der Waals surface area contributed by atoms with Gasteiger partial charge in [-0.25, -0.2) is 0 Å². The van der Waals surface area contributed by atoms with Gasteiger partial charge in [0, 0.05) is 6.04 Å². The third kappa shape index (κ3) is 8.83. The van der Waals surface area contributed by atoms with Gasteiger partial charge in [0.2, 0.25) is 0 Å². The van der Waals surface area contributed by atoms with Gasteiger partial charge in [-0.05, 0) is 77.0 Å². The fourth-order valence-corrected chi connectivity index (χ4v) is 3.53. The molecule has 1 N–H and O–H groups in total. The monoisotopic (exact) mass is 296 g/mol. The van der Waals surface area contributed by atoms with Gasteiger partial charge in [0.05, 0.1) is 0 Å². The smallest absolute Gasteiger partial charge is 0.00924 e. The van der Waals surface area contributed by atoms with Crippen LogP contribution in [0.25, 0.3) is 0 Å². The highest BCUT2D eigenvalue weighted by Gasteiger charge is 2.22. The second-order valence-electron chi connectivity index (χ2n) is 7.58. The molecule has 0 aromatic heterocycles. The molecule has 1 aliphatic carbocycles. The molecule has 0 bridgehead atoms. The average molecular weight is 297 g/mol. The van der Waals surface area contributed by atoms with E-state index >= 15 is 0 Å². The molecule has 1 aliphatic rings. The maximum atomic E-state index is 3.54. The minimum absolute atomic E-state index is 0.779. The van der Waals surface area contributed by atoms with Crippen LogP contribution in [0.3, 0.4) is 0 Å². The predicted octanol–water partition coefficient (Wildman–Crippen LogP) is 4.69. The molecular formula is C19H40N2. The topological polar surface area (TPSA) is 15.3 Å². The molecule has 1 saturated carbocycles. The maximum absolute atomic E-state index is 3.54. The molecule has 0 aromatic carbocycles. The summed E-state index contributed by atoms with van der Waals surface area (Å²) in [5, 5.41) is 3.54. The van der Waals surface area contributed by atoms with Crippen molar-refractivity contribution < 1.29 is 0 Å². The number of hydrogen-bond acceptors (Lipinski definition) is 2.